The predicted octanol–water partition coefficient (Wildman–Crippen LogP) is 6.27. The van der Waals surface area contributed by atoms with Gasteiger partial charge in [0.05, 0.1) is 13.0 Å². The third-order valence-electron chi connectivity index (χ3n) is 6.40. The number of allylic oxidation sites excluding steroid dienone is 1. The van der Waals surface area contributed by atoms with Gasteiger partial charge in [0.15, 0.2) is 18.1 Å². The lowest BCUT2D eigenvalue weighted by Gasteiger charge is -2.27. The lowest BCUT2D eigenvalue weighted by atomic mass is 9.83. The molecule has 0 bridgehead atoms. The zero-order valence-electron chi connectivity index (χ0n) is 22.3. The maximum absolute atomic E-state index is 13.2. The molecule has 0 saturated carbocycles. The molecule has 1 unspecified atom stereocenters. The number of nitriles is 1. The van der Waals surface area contributed by atoms with E-state index in [1.165, 1.54) is 25.3 Å². The molecule has 4 aromatic carbocycles. The molecule has 1 aliphatic rings. The highest BCUT2D eigenvalue weighted by Crippen LogP contribution is 2.45. The first-order valence-corrected chi connectivity index (χ1v) is 13.1. The summed E-state index contributed by atoms with van der Waals surface area (Å²) >= 11 is 5.94. The average Bonchev–Trinajstić information content (AvgIpc) is 2.99. The maximum atomic E-state index is 13.2. The molecule has 2 N–H and O–H groups in total. The van der Waals surface area contributed by atoms with E-state index in [0.717, 1.165) is 5.56 Å². The van der Waals surface area contributed by atoms with E-state index in [0.29, 0.717) is 39.1 Å². The van der Waals surface area contributed by atoms with Gasteiger partial charge < -0.3 is 29.4 Å². The summed E-state index contributed by atoms with van der Waals surface area (Å²) in [6, 6.07) is 24.9. The molecule has 0 fully saturated rings. The van der Waals surface area contributed by atoms with Crippen LogP contribution in [-0.4, -0.2) is 19.7 Å². The van der Waals surface area contributed by atoms with Gasteiger partial charge in [-0.2, -0.15) is 5.26 Å². The highest BCUT2D eigenvalue weighted by Gasteiger charge is 2.32. The van der Waals surface area contributed by atoms with Crippen LogP contribution in [0.15, 0.2) is 96.4 Å². The summed E-state index contributed by atoms with van der Waals surface area (Å²) < 4.78 is 41.3. The fraction of sp³-hybridized carbons (Fsp3) is 0.125. The van der Waals surface area contributed by atoms with Gasteiger partial charge in [0, 0.05) is 16.7 Å². The van der Waals surface area contributed by atoms with Gasteiger partial charge in [0.25, 0.3) is 0 Å². The Morgan fingerprint density at radius 2 is 1.81 bits per heavy atom. The minimum atomic E-state index is -0.635. The molecule has 0 amide bonds. The molecular weight excluding hydrogens is 563 g/mol. The van der Waals surface area contributed by atoms with Gasteiger partial charge in [-0.3, -0.25) is 0 Å². The van der Waals surface area contributed by atoms with Crippen LogP contribution in [0.1, 0.15) is 22.6 Å². The maximum Gasteiger partial charge on any atom is 0.349 e. The summed E-state index contributed by atoms with van der Waals surface area (Å²) in [5, 5.41) is 10.4. The largest absolute Gasteiger partial charge is 0.493 e. The van der Waals surface area contributed by atoms with Crippen LogP contribution in [0.3, 0.4) is 0 Å². The van der Waals surface area contributed by atoms with E-state index in [-0.39, 0.29) is 36.2 Å². The van der Waals surface area contributed by atoms with Crippen molar-refractivity contribution in [3.8, 4) is 34.8 Å². The van der Waals surface area contributed by atoms with E-state index in [1.807, 2.05) is 0 Å². The topological polar surface area (TPSA) is 113 Å². The molecule has 0 spiro atoms. The molecule has 0 aromatic heterocycles. The summed E-state index contributed by atoms with van der Waals surface area (Å²) in [5.74, 6) is 0.249. The monoisotopic (exact) mass is 586 g/mol. The summed E-state index contributed by atoms with van der Waals surface area (Å²) in [7, 11) is 1.51. The Labute approximate surface area is 246 Å². The van der Waals surface area contributed by atoms with Crippen molar-refractivity contribution < 1.29 is 32.9 Å². The third kappa shape index (κ3) is 6.40. The number of ether oxygens (including phenoxy) is 5. The standard InChI is InChI=1S/C32H24ClFN2O6/c1-38-29-13-20(7-12-27(29)40-17-19-5-8-22(34)9-6-19)31-25-11-10-24(15-28(25)42-32(36)26(31)16-35)41-30(37)18-39-23-4-2-3-21(33)14-23/h2-15,31H,17-18,36H2,1H3. The molecule has 10 heteroatoms. The number of nitrogens with zero attached hydrogens (tertiary/aromatic N) is 1. The molecular formula is C32H24ClFN2O6. The molecule has 5 rings (SSSR count). The first-order chi connectivity index (χ1) is 20.3. The zero-order chi connectivity index (χ0) is 29.6. The van der Waals surface area contributed by atoms with Gasteiger partial charge in [-0.15, -0.1) is 0 Å². The van der Waals surface area contributed by atoms with Crippen molar-refractivity contribution in [1.82, 2.24) is 0 Å². The first-order valence-electron chi connectivity index (χ1n) is 12.7. The summed E-state index contributed by atoms with van der Waals surface area (Å²) in [4.78, 5) is 12.4. The number of carbonyl (C=O) groups excluding carboxylic acids is 1. The fourth-order valence-electron chi connectivity index (χ4n) is 4.43. The van der Waals surface area contributed by atoms with Crippen molar-refractivity contribution in [1.29, 1.82) is 5.26 Å². The first kappa shape index (κ1) is 28.3. The Balaban J connectivity index is 1.35. The molecule has 8 nitrogen and oxygen atoms in total. The van der Waals surface area contributed by atoms with Crippen LogP contribution in [0.25, 0.3) is 0 Å². The normalized spacial score (nSPS) is 13.8. The number of carbonyl (C=O) groups is 1. The van der Waals surface area contributed by atoms with Crippen LogP contribution in [-0.2, 0) is 11.4 Å². The van der Waals surface area contributed by atoms with Crippen LogP contribution in [0.5, 0.6) is 28.7 Å². The van der Waals surface area contributed by atoms with Crippen LogP contribution >= 0.6 is 11.6 Å². The fourth-order valence-corrected chi connectivity index (χ4v) is 4.61. The van der Waals surface area contributed by atoms with Crippen LogP contribution in [0, 0.1) is 17.1 Å². The molecule has 1 atom stereocenters. The van der Waals surface area contributed by atoms with Gasteiger partial charge in [-0.25, -0.2) is 9.18 Å². The SMILES string of the molecule is COc1cc(C2C(C#N)=C(N)Oc3cc(OC(=O)COc4cccc(Cl)c4)ccc32)ccc1OCc1ccc(F)cc1. The lowest BCUT2D eigenvalue weighted by molar-refractivity contribution is -0.136. The number of rotatable bonds is 9. The van der Waals surface area contributed by atoms with E-state index in [2.05, 4.69) is 6.07 Å². The van der Waals surface area contributed by atoms with Gasteiger partial charge in [-0.1, -0.05) is 41.9 Å². The quantitative estimate of drug-likeness (QED) is 0.180. The van der Waals surface area contributed by atoms with Gasteiger partial charge in [0.1, 0.15) is 41.3 Å². The number of fused-ring (bicyclic) bond motifs is 1. The lowest BCUT2D eigenvalue weighted by Crippen LogP contribution is -2.21. The van der Waals surface area contributed by atoms with Crippen molar-refractivity contribution in [2.24, 2.45) is 5.73 Å². The number of halogens is 2. The van der Waals surface area contributed by atoms with Crippen molar-refractivity contribution in [2.75, 3.05) is 13.7 Å². The number of hydrogen-bond donors (Lipinski definition) is 1. The molecule has 212 valence electrons. The second-order valence-electron chi connectivity index (χ2n) is 9.17. The minimum absolute atomic E-state index is 0.0710. The number of esters is 1. The van der Waals surface area contributed by atoms with Crippen molar-refractivity contribution in [3.63, 3.8) is 0 Å². The second kappa shape index (κ2) is 12.5. The Morgan fingerprint density at radius 3 is 2.55 bits per heavy atom. The number of nitrogens with two attached hydrogens (primary N) is 1. The van der Waals surface area contributed by atoms with E-state index in [4.69, 9.17) is 41.0 Å². The van der Waals surface area contributed by atoms with Crippen LogP contribution < -0.4 is 29.4 Å². The summed E-state index contributed by atoms with van der Waals surface area (Å²) in [6.07, 6.45) is 0. The number of hydrogen-bond acceptors (Lipinski definition) is 8. The van der Waals surface area contributed by atoms with E-state index in [9.17, 15) is 14.4 Å². The van der Waals surface area contributed by atoms with E-state index >= 15 is 0 Å². The second-order valence-corrected chi connectivity index (χ2v) is 9.61. The zero-order valence-corrected chi connectivity index (χ0v) is 23.1. The molecule has 4 aromatic rings. The van der Waals surface area contributed by atoms with Crippen molar-refractivity contribution in [3.05, 3.63) is 124 Å². The molecule has 42 heavy (non-hydrogen) atoms. The van der Waals surface area contributed by atoms with Crippen LogP contribution in [0.2, 0.25) is 5.02 Å². The smallest absolute Gasteiger partial charge is 0.349 e. The highest BCUT2D eigenvalue weighted by molar-refractivity contribution is 6.30. The average molecular weight is 587 g/mol. The molecule has 1 heterocycles. The molecule has 0 aliphatic carbocycles. The number of benzene rings is 4. The van der Waals surface area contributed by atoms with Gasteiger partial charge in [0.2, 0.25) is 5.88 Å². The molecule has 0 radical (unpaired) electrons. The van der Waals surface area contributed by atoms with E-state index < -0.39 is 11.9 Å². The number of methoxy groups -OCH3 is 1. The Morgan fingerprint density at radius 1 is 1.00 bits per heavy atom. The van der Waals surface area contributed by atoms with Crippen molar-refractivity contribution in [2.45, 2.75) is 12.5 Å². The Bertz CT molecular complexity index is 1700. The van der Waals surface area contributed by atoms with Crippen LogP contribution in [0.4, 0.5) is 4.39 Å². The molecule has 0 saturated heterocycles. The Kier molecular flexibility index (Phi) is 8.46. The summed E-state index contributed by atoms with van der Waals surface area (Å²) in [5.41, 5.74) is 8.48. The predicted molar refractivity (Wildman–Crippen MR) is 152 cm³/mol. The Hall–Kier alpha value is -5.20. The van der Waals surface area contributed by atoms with E-state index in [1.54, 1.807) is 66.7 Å². The third-order valence-corrected chi connectivity index (χ3v) is 6.64. The highest BCUT2D eigenvalue weighted by atomic mass is 35.5. The summed E-state index contributed by atoms with van der Waals surface area (Å²) in [6.45, 7) is -0.130. The van der Waals surface area contributed by atoms with Crippen molar-refractivity contribution >= 4 is 17.6 Å². The van der Waals surface area contributed by atoms with Gasteiger partial charge in [-0.05, 0) is 59.7 Å². The minimum Gasteiger partial charge on any atom is -0.493 e. The van der Waals surface area contributed by atoms with Gasteiger partial charge >= 0.3 is 5.97 Å². The molecule has 1 aliphatic heterocycles.